The number of hydrogen-bond donors (Lipinski definition) is 1. The topological polar surface area (TPSA) is 66.5 Å². The Labute approximate surface area is 143 Å². The zero-order valence-electron chi connectivity index (χ0n) is 13.3. The molecule has 0 aliphatic carbocycles. The molecule has 9 heteroatoms. The van der Waals surface area contributed by atoms with E-state index >= 15 is 0 Å². The van der Waals surface area contributed by atoms with Gasteiger partial charge in [0, 0.05) is 11.8 Å². The van der Waals surface area contributed by atoms with Gasteiger partial charge in [0.05, 0.1) is 11.9 Å². The molecule has 25 heavy (non-hydrogen) atoms. The lowest BCUT2D eigenvalue weighted by molar-refractivity contribution is -0.116. The van der Waals surface area contributed by atoms with Gasteiger partial charge in [-0.1, -0.05) is 0 Å². The first-order valence-corrected chi connectivity index (χ1v) is 8.95. The smallest absolute Gasteiger partial charge is 0.247 e. The van der Waals surface area contributed by atoms with Crippen LogP contribution >= 0.6 is 0 Å². The number of nitrogens with one attached hydrogen (secondary N) is 1. The molecule has 1 N–H and O–H groups in total. The molecule has 2 rings (SSSR count). The van der Waals surface area contributed by atoms with Crippen LogP contribution in [0, 0.1) is 17.5 Å². The van der Waals surface area contributed by atoms with E-state index in [1.165, 1.54) is 19.1 Å². The monoisotopic (exact) mass is 372 g/mol. The highest BCUT2D eigenvalue weighted by atomic mass is 32.2. The van der Waals surface area contributed by atoms with E-state index in [0.717, 1.165) is 40.9 Å². The maximum atomic E-state index is 13.2. The summed E-state index contributed by atoms with van der Waals surface area (Å²) in [7, 11) is -3.87. The quantitative estimate of drug-likeness (QED) is 0.878. The number of sulfonamides is 1. The van der Waals surface area contributed by atoms with Crippen molar-refractivity contribution in [3.8, 4) is 0 Å². The van der Waals surface area contributed by atoms with Gasteiger partial charge in [-0.3, -0.25) is 9.10 Å². The molecule has 0 fully saturated rings. The minimum atomic E-state index is -3.87. The predicted octanol–water partition coefficient (Wildman–Crippen LogP) is 2.90. The number of benzene rings is 2. The summed E-state index contributed by atoms with van der Waals surface area (Å²) in [4.78, 5) is 12.3. The minimum absolute atomic E-state index is 0.0247. The molecular weight excluding hydrogens is 357 g/mol. The van der Waals surface area contributed by atoms with Gasteiger partial charge in [-0.15, -0.1) is 0 Å². The first kappa shape index (κ1) is 18.8. The molecule has 1 atom stereocenters. The fourth-order valence-corrected chi connectivity index (χ4v) is 3.39. The molecule has 0 saturated carbocycles. The molecule has 0 bridgehead atoms. The molecule has 1 amide bonds. The highest BCUT2D eigenvalue weighted by Crippen LogP contribution is 2.22. The lowest BCUT2D eigenvalue weighted by Gasteiger charge is -2.28. The maximum Gasteiger partial charge on any atom is 0.247 e. The number of nitrogens with zero attached hydrogens (tertiary/aromatic N) is 1. The van der Waals surface area contributed by atoms with Crippen LogP contribution in [-0.4, -0.2) is 26.6 Å². The molecule has 0 aliphatic heterocycles. The SMILES string of the molecule is CC(C(=O)Nc1ccc(F)c(F)c1)N(c1ccc(F)cc1)S(C)(=O)=O. The second-order valence-corrected chi connectivity index (χ2v) is 7.19. The predicted molar refractivity (Wildman–Crippen MR) is 88.2 cm³/mol. The number of halogens is 3. The molecule has 0 saturated heterocycles. The van der Waals surface area contributed by atoms with Crippen molar-refractivity contribution >= 4 is 27.3 Å². The van der Waals surface area contributed by atoms with Gasteiger partial charge in [-0.25, -0.2) is 21.6 Å². The van der Waals surface area contributed by atoms with Crippen molar-refractivity contribution < 1.29 is 26.4 Å². The molecular formula is C16H15F3N2O3S. The molecule has 2 aromatic rings. The van der Waals surface area contributed by atoms with Gasteiger partial charge in [0.1, 0.15) is 11.9 Å². The van der Waals surface area contributed by atoms with Gasteiger partial charge in [-0.2, -0.15) is 0 Å². The molecule has 0 aliphatic rings. The van der Waals surface area contributed by atoms with E-state index in [2.05, 4.69) is 5.32 Å². The highest BCUT2D eigenvalue weighted by molar-refractivity contribution is 7.92. The molecule has 0 spiro atoms. The summed E-state index contributed by atoms with van der Waals surface area (Å²) in [5.41, 5.74) is 0.0696. The second-order valence-electron chi connectivity index (χ2n) is 5.33. The van der Waals surface area contributed by atoms with E-state index in [0.29, 0.717) is 0 Å². The molecule has 0 radical (unpaired) electrons. The normalized spacial score (nSPS) is 12.5. The number of carbonyl (C=O) groups excluding carboxylic acids is 1. The van der Waals surface area contributed by atoms with Gasteiger partial charge in [0.2, 0.25) is 15.9 Å². The molecule has 0 aromatic heterocycles. The number of rotatable bonds is 5. The van der Waals surface area contributed by atoms with Gasteiger partial charge >= 0.3 is 0 Å². The van der Waals surface area contributed by atoms with Crippen LogP contribution in [0.5, 0.6) is 0 Å². The van der Waals surface area contributed by atoms with Crippen molar-refractivity contribution in [3.05, 3.63) is 59.9 Å². The van der Waals surface area contributed by atoms with Crippen molar-refractivity contribution in [2.24, 2.45) is 0 Å². The van der Waals surface area contributed by atoms with E-state index in [4.69, 9.17) is 0 Å². The first-order chi connectivity index (χ1) is 11.6. The van der Waals surface area contributed by atoms with Crippen molar-refractivity contribution in [1.82, 2.24) is 0 Å². The molecule has 0 heterocycles. The van der Waals surface area contributed by atoms with Crippen molar-refractivity contribution in [2.45, 2.75) is 13.0 Å². The van der Waals surface area contributed by atoms with Crippen LogP contribution in [0.1, 0.15) is 6.92 Å². The summed E-state index contributed by atoms with van der Waals surface area (Å²) < 4.78 is 64.1. The van der Waals surface area contributed by atoms with Crippen LogP contribution in [-0.2, 0) is 14.8 Å². The van der Waals surface area contributed by atoms with E-state index in [1.807, 2.05) is 0 Å². The zero-order valence-corrected chi connectivity index (χ0v) is 14.1. The summed E-state index contributed by atoms with van der Waals surface area (Å²) >= 11 is 0. The van der Waals surface area contributed by atoms with Crippen LogP contribution in [0.4, 0.5) is 24.5 Å². The molecule has 1 unspecified atom stereocenters. The Kier molecular flexibility index (Phi) is 5.36. The Morgan fingerprint density at radius 2 is 1.64 bits per heavy atom. The van der Waals surface area contributed by atoms with Crippen LogP contribution in [0.25, 0.3) is 0 Å². The van der Waals surface area contributed by atoms with E-state index in [9.17, 15) is 26.4 Å². The Balaban J connectivity index is 2.29. The third-order valence-electron chi connectivity index (χ3n) is 3.36. The third-order valence-corrected chi connectivity index (χ3v) is 4.60. The standard InChI is InChI=1S/C16H15F3N2O3S/c1-10(16(22)20-12-5-8-14(18)15(19)9-12)21(25(2,23)24)13-6-3-11(17)4-7-13/h3-10H,1-2H3,(H,20,22). The van der Waals surface area contributed by atoms with Gasteiger partial charge in [0.15, 0.2) is 11.6 Å². The Hall–Kier alpha value is -2.55. The fraction of sp³-hybridized carbons (Fsp3) is 0.188. The Morgan fingerprint density at radius 1 is 1.04 bits per heavy atom. The Morgan fingerprint density at radius 3 is 2.16 bits per heavy atom. The van der Waals surface area contributed by atoms with Gasteiger partial charge < -0.3 is 5.32 Å². The Bertz CT molecular complexity index is 886. The second kappa shape index (κ2) is 7.14. The minimum Gasteiger partial charge on any atom is -0.324 e. The van der Waals surface area contributed by atoms with Gasteiger partial charge in [0.25, 0.3) is 0 Å². The average molecular weight is 372 g/mol. The lowest BCUT2D eigenvalue weighted by atomic mass is 10.2. The van der Waals surface area contributed by atoms with Crippen LogP contribution in [0.2, 0.25) is 0 Å². The molecule has 5 nitrogen and oxygen atoms in total. The van der Waals surface area contributed by atoms with Crippen LogP contribution < -0.4 is 9.62 Å². The van der Waals surface area contributed by atoms with Crippen molar-refractivity contribution in [1.29, 1.82) is 0 Å². The summed E-state index contributed by atoms with van der Waals surface area (Å²) in [6, 6.07) is 6.11. The first-order valence-electron chi connectivity index (χ1n) is 7.10. The average Bonchev–Trinajstić information content (AvgIpc) is 2.51. The van der Waals surface area contributed by atoms with Crippen molar-refractivity contribution in [3.63, 3.8) is 0 Å². The van der Waals surface area contributed by atoms with Crippen molar-refractivity contribution in [2.75, 3.05) is 15.9 Å². The van der Waals surface area contributed by atoms with E-state index in [-0.39, 0.29) is 11.4 Å². The summed E-state index contributed by atoms with van der Waals surface area (Å²) in [6.45, 7) is 1.32. The van der Waals surface area contributed by atoms with Crippen LogP contribution in [0.3, 0.4) is 0 Å². The highest BCUT2D eigenvalue weighted by Gasteiger charge is 2.29. The summed E-state index contributed by atoms with van der Waals surface area (Å²) in [5.74, 6) is -3.55. The van der Waals surface area contributed by atoms with Crippen LogP contribution in [0.15, 0.2) is 42.5 Å². The van der Waals surface area contributed by atoms with Gasteiger partial charge in [-0.05, 0) is 43.3 Å². The lowest BCUT2D eigenvalue weighted by Crippen LogP contribution is -2.45. The number of carbonyl (C=O) groups is 1. The number of amides is 1. The molecule has 2 aromatic carbocycles. The summed E-state index contributed by atoms with van der Waals surface area (Å²) in [5, 5.41) is 2.32. The fourth-order valence-electron chi connectivity index (χ4n) is 2.22. The van der Waals surface area contributed by atoms with E-state index < -0.39 is 39.4 Å². The third kappa shape index (κ3) is 4.50. The maximum absolute atomic E-state index is 13.2. The largest absolute Gasteiger partial charge is 0.324 e. The molecule has 134 valence electrons. The van der Waals surface area contributed by atoms with E-state index in [1.54, 1.807) is 0 Å². The zero-order chi connectivity index (χ0) is 18.8. The number of anilines is 2. The number of hydrogen-bond acceptors (Lipinski definition) is 3. The summed E-state index contributed by atoms with van der Waals surface area (Å²) in [6.07, 6.45) is 0.900.